The smallest absolute Gasteiger partial charge is 0.238 e. The molecule has 0 saturated heterocycles. The van der Waals surface area contributed by atoms with E-state index in [0.717, 1.165) is 16.8 Å². The summed E-state index contributed by atoms with van der Waals surface area (Å²) in [7, 11) is 2.03. The number of carbonyl (C=O) groups excluding carboxylic acids is 1. The van der Waals surface area contributed by atoms with Crippen LogP contribution in [0.4, 0.5) is 5.69 Å². The molecule has 4 heteroatoms. The van der Waals surface area contributed by atoms with Crippen LogP contribution in [-0.4, -0.2) is 30.4 Å². The first-order valence-electron chi connectivity index (χ1n) is 7.24. The maximum absolute atomic E-state index is 12.2. The lowest BCUT2D eigenvalue weighted by atomic mass is 10.1. The van der Waals surface area contributed by atoms with Gasteiger partial charge in [-0.05, 0) is 50.9 Å². The summed E-state index contributed by atoms with van der Waals surface area (Å²) in [5.74, 6) is 0.00764. The van der Waals surface area contributed by atoms with Crippen molar-refractivity contribution in [3.05, 3.63) is 28.3 Å². The number of benzene rings is 1. The van der Waals surface area contributed by atoms with Crippen LogP contribution >= 0.6 is 11.6 Å². The Balaban J connectivity index is 1.97. The highest BCUT2D eigenvalue weighted by Gasteiger charge is 2.21. The number of amides is 1. The average Bonchev–Trinajstić information content (AvgIpc) is 2.87. The lowest BCUT2D eigenvalue weighted by molar-refractivity contribution is -0.117. The van der Waals surface area contributed by atoms with Crippen molar-refractivity contribution in [2.24, 2.45) is 0 Å². The van der Waals surface area contributed by atoms with E-state index in [1.807, 2.05) is 33.0 Å². The molecule has 0 heterocycles. The van der Waals surface area contributed by atoms with Crippen LogP contribution in [0.3, 0.4) is 0 Å². The molecular formula is C16H23ClN2O. The van der Waals surface area contributed by atoms with E-state index in [0.29, 0.717) is 17.6 Å². The summed E-state index contributed by atoms with van der Waals surface area (Å²) in [5, 5.41) is 3.56. The molecule has 0 atom stereocenters. The summed E-state index contributed by atoms with van der Waals surface area (Å²) in [6.07, 6.45) is 4.96. The topological polar surface area (TPSA) is 32.3 Å². The minimum Gasteiger partial charge on any atom is -0.323 e. The van der Waals surface area contributed by atoms with Gasteiger partial charge in [0.1, 0.15) is 0 Å². The first-order chi connectivity index (χ1) is 9.47. The van der Waals surface area contributed by atoms with E-state index in [2.05, 4.69) is 10.2 Å². The molecule has 1 aromatic rings. The summed E-state index contributed by atoms with van der Waals surface area (Å²) in [5.41, 5.74) is 2.85. The highest BCUT2D eigenvalue weighted by Crippen LogP contribution is 2.27. The number of hydrogen-bond donors (Lipinski definition) is 1. The summed E-state index contributed by atoms with van der Waals surface area (Å²) in [6, 6.07) is 4.46. The minimum atomic E-state index is 0.00764. The first kappa shape index (κ1) is 15.3. The molecule has 1 amide bonds. The fourth-order valence-corrected chi connectivity index (χ4v) is 3.32. The second kappa shape index (κ2) is 6.59. The fourth-order valence-electron chi connectivity index (χ4n) is 2.95. The lowest BCUT2D eigenvalue weighted by Gasteiger charge is -2.23. The van der Waals surface area contributed by atoms with E-state index in [1.165, 1.54) is 25.7 Å². The number of rotatable bonds is 4. The Bertz CT molecular complexity index is 472. The van der Waals surface area contributed by atoms with E-state index in [9.17, 15) is 4.79 Å². The van der Waals surface area contributed by atoms with Crippen molar-refractivity contribution < 1.29 is 4.79 Å². The number of aryl methyl sites for hydroxylation is 2. The average molecular weight is 295 g/mol. The van der Waals surface area contributed by atoms with E-state index in [4.69, 9.17) is 11.6 Å². The number of anilines is 1. The molecule has 0 aromatic heterocycles. The molecule has 0 unspecified atom stereocenters. The molecule has 1 saturated carbocycles. The Kier molecular flexibility index (Phi) is 5.06. The van der Waals surface area contributed by atoms with Gasteiger partial charge < -0.3 is 5.32 Å². The third kappa shape index (κ3) is 3.74. The SMILES string of the molecule is Cc1cc(C)c(NC(=O)CN(C)C2CCCC2)c(Cl)c1. The quantitative estimate of drug-likeness (QED) is 0.917. The molecule has 0 aliphatic heterocycles. The lowest BCUT2D eigenvalue weighted by Crippen LogP contribution is -2.36. The minimum absolute atomic E-state index is 0.00764. The maximum atomic E-state index is 12.2. The molecule has 1 aliphatic rings. The Hall–Kier alpha value is -1.06. The van der Waals surface area contributed by atoms with Gasteiger partial charge in [-0.1, -0.05) is 30.5 Å². The monoisotopic (exact) mass is 294 g/mol. The molecule has 110 valence electrons. The van der Waals surface area contributed by atoms with E-state index in [-0.39, 0.29) is 5.91 Å². The van der Waals surface area contributed by atoms with Crippen molar-refractivity contribution in [1.82, 2.24) is 4.90 Å². The van der Waals surface area contributed by atoms with Gasteiger partial charge in [-0.3, -0.25) is 9.69 Å². The Labute approximate surface area is 126 Å². The highest BCUT2D eigenvalue weighted by atomic mass is 35.5. The van der Waals surface area contributed by atoms with Crippen molar-refractivity contribution in [3.8, 4) is 0 Å². The summed E-state index contributed by atoms with van der Waals surface area (Å²) in [6.45, 7) is 4.39. The van der Waals surface area contributed by atoms with Gasteiger partial charge in [0, 0.05) is 6.04 Å². The van der Waals surface area contributed by atoms with E-state index in [1.54, 1.807) is 0 Å². The van der Waals surface area contributed by atoms with Gasteiger partial charge in [0.2, 0.25) is 5.91 Å². The van der Waals surface area contributed by atoms with Crippen LogP contribution in [-0.2, 0) is 4.79 Å². The predicted molar refractivity (Wildman–Crippen MR) is 84.4 cm³/mol. The molecule has 20 heavy (non-hydrogen) atoms. The van der Waals surface area contributed by atoms with Crippen LogP contribution in [0, 0.1) is 13.8 Å². The fraction of sp³-hybridized carbons (Fsp3) is 0.562. The third-order valence-corrected chi connectivity index (χ3v) is 4.34. The molecule has 0 bridgehead atoms. The summed E-state index contributed by atoms with van der Waals surface area (Å²) >= 11 is 6.21. The molecule has 1 aliphatic carbocycles. The van der Waals surface area contributed by atoms with Crippen LogP contribution in [0.2, 0.25) is 5.02 Å². The van der Waals surface area contributed by atoms with E-state index < -0.39 is 0 Å². The Morgan fingerprint density at radius 3 is 2.60 bits per heavy atom. The van der Waals surface area contributed by atoms with Gasteiger partial charge in [-0.2, -0.15) is 0 Å². The molecule has 1 N–H and O–H groups in total. The largest absolute Gasteiger partial charge is 0.323 e. The second-order valence-corrected chi connectivity index (χ2v) is 6.25. The van der Waals surface area contributed by atoms with Gasteiger partial charge in [0.15, 0.2) is 0 Å². The number of nitrogens with zero attached hydrogens (tertiary/aromatic N) is 1. The summed E-state index contributed by atoms with van der Waals surface area (Å²) < 4.78 is 0. The van der Waals surface area contributed by atoms with Crippen molar-refractivity contribution in [2.45, 2.75) is 45.6 Å². The molecule has 0 spiro atoms. The van der Waals surface area contributed by atoms with Crippen LogP contribution in [0.25, 0.3) is 0 Å². The molecule has 2 rings (SSSR count). The zero-order chi connectivity index (χ0) is 14.7. The number of likely N-dealkylation sites (N-methyl/N-ethyl adjacent to an activating group) is 1. The highest BCUT2D eigenvalue weighted by molar-refractivity contribution is 6.34. The molecular weight excluding hydrogens is 272 g/mol. The zero-order valence-electron chi connectivity index (χ0n) is 12.5. The van der Waals surface area contributed by atoms with Crippen molar-refractivity contribution >= 4 is 23.2 Å². The predicted octanol–water partition coefficient (Wildman–Crippen LogP) is 3.77. The van der Waals surface area contributed by atoms with Crippen LogP contribution in [0.1, 0.15) is 36.8 Å². The van der Waals surface area contributed by atoms with Gasteiger partial charge in [-0.25, -0.2) is 0 Å². The van der Waals surface area contributed by atoms with Crippen LogP contribution in [0.15, 0.2) is 12.1 Å². The normalized spacial score (nSPS) is 15.8. The Morgan fingerprint density at radius 2 is 2.00 bits per heavy atom. The maximum Gasteiger partial charge on any atom is 0.238 e. The Morgan fingerprint density at radius 1 is 1.35 bits per heavy atom. The van der Waals surface area contributed by atoms with E-state index >= 15 is 0 Å². The number of halogens is 1. The van der Waals surface area contributed by atoms with Crippen LogP contribution in [0.5, 0.6) is 0 Å². The van der Waals surface area contributed by atoms with Crippen molar-refractivity contribution in [1.29, 1.82) is 0 Å². The van der Waals surface area contributed by atoms with Crippen molar-refractivity contribution in [3.63, 3.8) is 0 Å². The molecule has 1 aromatic carbocycles. The van der Waals surface area contributed by atoms with Crippen molar-refractivity contribution in [2.75, 3.05) is 18.9 Å². The molecule has 3 nitrogen and oxygen atoms in total. The zero-order valence-corrected chi connectivity index (χ0v) is 13.3. The van der Waals surface area contributed by atoms with Gasteiger partial charge in [0.05, 0.1) is 17.3 Å². The van der Waals surface area contributed by atoms with Gasteiger partial charge in [-0.15, -0.1) is 0 Å². The van der Waals surface area contributed by atoms with Crippen LogP contribution < -0.4 is 5.32 Å². The summed E-state index contributed by atoms with van der Waals surface area (Å²) in [4.78, 5) is 14.3. The standard InChI is InChI=1S/C16H23ClN2O/c1-11-8-12(2)16(14(17)9-11)18-15(20)10-19(3)13-6-4-5-7-13/h8-9,13H,4-7,10H2,1-3H3,(H,18,20). The van der Waals surface area contributed by atoms with Gasteiger partial charge >= 0.3 is 0 Å². The number of nitrogens with one attached hydrogen (secondary N) is 1. The second-order valence-electron chi connectivity index (χ2n) is 5.84. The third-order valence-electron chi connectivity index (χ3n) is 4.04. The first-order valence-corrected chi connectivity index (χ1v) is 7.62. The molecule has 1 fully saturated rings. The molecule has 0 radical (unpaired) electrons. The van der Waals surface area contributed by atoms with Gasteiger partial charge in [0.25, 0.3) is 0 Å². The number of hydrogen-bond acceptors (Lipinski definition) is 2. The number of carbonyl (C=O) groups is 1.